The van der Waals surface area contributed by atoms with Crippen LogP contribution in [-0.2, 0) is 4.79 Å². The van der Waals surface area contributed by atoms with Crippen molar-refractivity contribution >= 4 is 34.8 Å². The van der Waals surface area contributed by atoms with Crippen LogP contribution in [-0.4, -0.2) is 23.6 Å². The summed E-state index contributed by atoms with van der Waals surface area (Å²) in [5, 5.41) is 15.6. The molecule has 1 aliphatic heterocycles. The standard InChI is InChI=1S/C13H16Cl2N2O2/c1-7-2-3-16-11(4-7)13(19)17-8-5-9(14)12(18)10(15)6-8/h5-7,11,16,18H,2-4H2,1H3,(H,17,19). The summed E-state index contributed by atoms with van der Waals surface area (Å²) in [6.07, 6.45) is 1.89. The van der Waals surface area contributed by atoms with Gasteiger partial charge in [0.1, 0.15) is 0 Å². The van der Waals surface area contributed by atoms with Crippen molar-refractivity contribution in [2.75, 3.05) is 11.9 Å². The van der Waals surface area contributed by atoms with Gasteiger partial charge in [-0.25, -0.2) is 0 Å². The molecule has 0 spiro atoms. The smallest absolute Gasteiger partial charge is 0.241 e. The second kappa shape index (κ2) is 5.99. The zero-order chi connectivity index (χ0) is 14.0. The van der Waals surface area contributed by atoms with Crippen LogP contribution in [0.5, 0.6) is 5.75 Å². The Morgan fingerprint density at radius 1 is 1.42 bits per heavy atom. The summed E-state index contributed by atoms with van der Waals surface area (Å²) >= 11 is 11.6. The molecule has 4 nitrogen and oxygen atoms in total. The van der Waals surface area contributed by atoms with Gasteiger partial charge in [-0.05, 0) is 37.4 Å². The predicted molar refractivity (Wildman–Crippen MR) is 76.9 cm³/mol. The molecule has 0 aliphatic carbocycles. The van der Waals surface area contributed by atoms with Crippen molar-refractivity contribution in [3.05, 3.63) is 22.2 Å². The monoisotopic (exact) mass is 302 g/mol. The largest absolute Gasteiger partial charge is 0.505 e. The molecule has 2 unspecified atom stereocenters. The third kappa shape index (κ3) is 3.53. The fraction of sp³-hybridized carbons (Fsp3) is 0.462. The predicted octanol–water partition coefficient (Wildman–Crippen LogP) is 3.03. The Kier molecular flexibility index (Phi) is 4.55. The maximum absolute atomic E-state index is 12.1. The first-order valence-electron chi connectivity index (χ1n) is 6.19. The number of aromatic hydroxyl groups is 1. The molecule has 1 saturated heterocycles. The minimum absolute atomic E-state index is 0.107. The molecular weight excluding hydrogens is 287 g/mol. The van der Waals surface area contributed by atoms with Gasteiger partial charge in [0.15, 0.2) is 5.75 Å². The minimum Gasteiger partial charge on any atom is -0.505 e. The average molecular weight is 303 g/mol. The van der Waals surface area contributed by atoms with Crippen molar-refractivity contribution in [2.24, 2.45) is 5.92 Å². The lowest BCUT2D eigenvalue weighted by Crippen LogP contribution is -2.45. The van der Waals surface area contributed by atoms with Crippen LogP contribution in [0.25, 0.3) is 0 Å². The Labute approximate surface area is 122 Å². The Bertz CT molecular complexity index is 471. The molecular formula is C13H16Cl2N2O2. The summed E-state index contributed by atoms with van der Waals surface area (Å²) in [5.74, 6) is 0.249. The van der Waals surface area contributed by atoms with Crippen molar-refractivity contribution in [2.45, 2.75) is 25.8 Å². The Morgan fingerprint density at radius 3 is 2.63 bits per heavy atom. The van der Waals surface area contributed by atoms with Crippen molar-refractivity contribution < 1.29 is 9.90 Å². The van der Waals surface area contributed by atoms with E-state index in [1.165, 1.54) is 12.1 Å². The number of nitrogens with one attached hydrogen (secondary N) is 2. The molecule has 1 fully saturated rings. The van der Waals surface area contributed by atoms with Crippen molar-refractivity contribution in [1.29, 1.82) is 0 Å². The molecule has 2 rings (SSSR count). The minimum atomic E-state index is -0.199. The van der Waals surface area contributed by atoms with Crippen molar-refractivity contribution in [3.63, 3.8) is 0 Å². The van der Waals surface area contributed by atoms with E-state index in [4.69, 9.17) is 23.2 Å². The van der Waals surface area contributed by atoms with Gasteiger partial charge < -0.3 is 15.7 Å². The summed E-state index contributed by atoms with van der Waals surface area (Å²) in [6.45, 7) is 2.98. The first kappa shape index (κ1) is 14.4. The molecule has 2 atom stereocenters. The van der Waals surface area contributed by atoms with Crippen LogP contribution in [0.15, 0.2) is 12.1 Å². The van der Waals surface area contributed by atoms with Crippen LogP contribution in [0.4, 0.5) is 5.69 Å². The Morgan fingerprint density at radius 2 is 2.05 bits per heavy atom. The summed E-state index contributed by atoms with van der Waals surface area (Å²) in [4.78, 5) is 12.1. The molecule has 104 valence electrons. The molecule has 3 N–H and O–H groups in total. The number of phenols is 1. The van der Waals surface area contributed by atoms with Gasteiger partial charge in [-0.1, -0.05) is 30.1 Å². The number of carbonyl (C=O) groups is 1. The number of amides is 1. The zero-order valence-electron chi connectivity index (χ0n) is 10.5. The number of hydrogen-bond donors (Lipinski definition) is 3. The van der Waals surface area contributed by atoms with E-state index in [1.807, 2.05) is 0 Å². The highest BCUT2D eigenvalue weighted by Gasteiger charge is 2.24. The lowest BCUT2D eigenvalue weighted by atomic mass is 9.94. The Balaban J connectivity index is 2.06. The van der Waals surface area contributed by atoms with E-state index in [0.29, 0.717) is 11.6 Å². The summed E-state index contributed by atoms with van der Waals surface area (Å²) in [5.41, 5.74) is 0.484. The number of rotatable bonds is 2. The van der Waals surface area contributed by atoms with Crippen molar-refractivity contribution in [1.82, 2.24) is 5.32 Å². The van der Waals surface area contributed by atoms with E-state index >= 15 is 0 Å². The first-order chi connectivity index (χ1) is 8.97. The second-order valence-corrected chi connectivity index (χ2v) is 5.73. The summed E-state index contributed by atoms with van der Waals surface area (Å²) in [7, 11) is 0. The number of anilines is 1. The quantitative estimate of drug-likeness (QED) is 0.736. The number of halogens is 2. The zero-order valence-corrected chi connectivity index (χ0v) is 12.1. The molecule has 0 bridgehead atoms. The highest BCUT2D eigenvalue weighted by atomic mass is 35.5. The maximum atomic E-state index is 12.1. The van der Waals surface area contributed by atoms with E-state index in [0.717, 1.165) is 19.4 Å². The van der Waals surface area contributed by atoms with E-state index in [2.05, 4.69) is 17.6 Å². The van der Waals surface area contributed by atoms with Gasteiger partial charge in [0.05, 0.1) is 16.1 Å². The van der Waals surface area contributed by atoms with Crippen LogP contribution >= 0.6 is 23.2 Å². The highest BCUT2D eigenvalue weighted by Crippen LogP contribution is 2.34. The highest BCUT2D eigenvalue weighted by molar-refractivity contribution is 6.37. The maximum Gasteiger partial charge on any atom is 0.241 e. The van der Waals surface area contributed by atoms with E-state index in [-0.39, 0.29) is 27.7 Å². The van der Waals surface area contributed by atoms with Gasteiger partial charge in [0, 0.05) is 5.69 Å². The number of hydrogen-bond acceptors (Lipinski definition) is 3. The van der Waals surface area contributed by atoms with Gasteiger partial charge in [-0.3, -0.25) is 4.79 Å². The number of benzene rings is 1. The molecule has 0 aromatic heterocycles. The fourth-order valence-electron chi connectivity index (χ4n) is 2.17. The normalized spacial score (nSPS) is 23.1. The van der Waals surface area contributed by atoms with Gasteiger partial charge >= 0.3 is 0 Å². The fourth-order valence-corrected chi connectivity index (χ4v) is 2.66. The Hall–Kier alpha value is -0.970. The molecule has 19 heavy (non-hydrogen) atoms. The molecule has 6 heteroatoms. The van der Waals surface area contributed by atoms with Gasteiger partial charge in [0.2, 0.25) is 5.91 Å². The van der Waals surface area contributed by atoms with Crippen LogP contribution < -0.4 is 10.6 Å². The second-order valence-electron chi connectivity index (χ2n) is 4.91. The molecule has 1 aliphatic rings. The molecule has 1 heterocycles. The van der Waals surface area contributed by atoms with Crippen molar-refractivity contribution in [3.8, 4) is 5.75 Å². The average Bonchev–Trinajstić information content (AvgIpc) is 2.36. The lowest BCUT2D eigenvalue weighted by molar-refractivity contribution is -0.119. The first-order valence-corrected chi connectivity index (χ1v) is 6.95. The third-order valence-electron chi connectivity index (χ3n) is 3.27. The molecule has 1 aromatic carbocycles. The summed E-state index contributed by atoms with van der Waals surface area (Å²) < 4.78 is 0. The number of phenolic OH excluding ortho intramolecular Hbond substituents is 1. The SMILES string of the molecule is CC1CCNC(C(=O)Nc2cc(Cl)c(O)c(Cl)c2)C1. The third-order valence-corrected chi connectivity index (χ3v) is 3.84. The summed E-state index contributed by atoms with van der Waals surface area (Å²) in [6, 6.07) is 2.76. The van der Waals surface area contributed by atoms with E-state index < -0.39 is 0 Å². The van der Waals surface area contributed by atoms with E-state index in [9.17, 15) is 9.90 Å². The van der Waals surface area contributed by atoms with Crippen LogP contribution in [0.3, 0.4) is 0 Å². The molecule has 1 aromatic rings. The van der Waals surface area contributed by atoms with Gasteiger partial charge in [0.25, 0.3) is 0 Å². The van der Waals surface area contributed by atoms with E-state index in [1.54, 1.807) is 0 Å². The van der Waals surface area contributed by atoms with Crippen LogP contribution in [0, 0.1) is 5.92 Å². The van der Waals surface area contributed by atoms with Crippen LogP contribution in [0.2, 0.25) is 10.0 Å². The topological polar surface area (TPSA) is 61.4 Å². The van der Waals surface area contributed by atoms with Gasteiger partial charge in [-0.15, -0.1) is 0 Å². The molecule has 1 amide bonds. The van der Waals surface area contributed by atoms with Gasteiger partial charge in [-0.2, -0.15) is 0 Å². The lowest BCUT2D eigenvalue weighted by Gasteiger charge is -2.27. The molecule has 0 radical (unpaired) electrons. The molecule has 0 saturated carbocycles. The number of carbonyl (C=O) groups excluding carboxylic acids is 1. The number of piperidine rings is 1. The van der Waals surface area contributed by atoms with Crippen LogP contribution in [0.1, 0.15) is 19.8 Å².